The molecule has 1 amide bonds. The maximum atomic E-state index is 13.8. The van der Waals surface area contributed by atoms with Crippen LogP contribution in [0, 0.1) is 12.7 Å². The van der Waals surface area contributed by atoms with Gasteiger partial charge >= 0.3 is 0 Å². The van der Waals surface area contributed by atoms with Gasteiger partial charge in [0.2, 0.25) is 6.41 Å². The number of aromatic amines is 2. The summed E-state index contributed by atoms with van der Waals surface area (Å²) in [6, 6.07) is 12.2. The molecule has 5 heterocycles. The summed E-state index contributed by atoms with van der Waals surface area (Å²) in [6.07, 6.45) is 7.96. The number of amides is 1. The summed E-state index contributed by atoms with van der Waals surface area (Å²) in [6.45, 7) is 4.68. The first-order valence-corrected chi connectivity index (χ1v) is 13.6. The van der Waals surface area contributed by atoms with E-state index in [-0.39, 0.29) is 5.82 Å². The van der Waals surface area contributed by atoms with Crippen LogP contribution in [0.4, 0.5) is 4.39 Å². The van der Waals surface area contributed by atoms with Crippen molar-refractivity contribution >= 4 is 40.4 Å². The molecule has 0 atom stereocenters. The summed E-state index contributed by atoms with van der Waals surface area (Å²) in [5, 5.41) is 8.78. The van der Waals surface area contributed by atoms with E-state index in [4.69, 9.17) is 16.4 Å². The molecule has 39 heavy (non-hydrogen) atoms. The Bertz CT molecular complexity index is 1400. The van der Waals surface area contributed by atoms with E-state index in [0.717, 1.165) is 9.85 Å². The molecule has 0 radical (unpaired) electrons. The number of carbonyl (C=O) groups excluding carboxylic acids is 1. The highest BCUT2D eigenvalue weighted by Crippen LogP contribution is 2.24. The number of hydrogen-bond acceptors (Lipinski definition) is 7. The molecule has 9 nitrogen and oxygen atoms in total. The Balaban J connectivity index is 0.000000190. The van der Waals surface area contributed by atoms with Gasteiger partial charge in [-0.1, -0.05) is 30.2 Å². The minimum atomic E-state index is -0.319. The van der Waals surface area contributed by atoms with Gasteiger partial charge < -0.3 is 15.2 Å². The summed E-state index contributed by atoms with van der Waals surface area (Å²) in [5.74, 6) is 0.715. The second kappa shape index (κ2) is 15.7. The van der Waals surface area contributed by atoms with Gasteiger partial charge in [-0.15, -0.1) is 11.3 Å². The Kier molecular flexibility index (Phi) is 12.0. The van der Waals surface area contributed by atoms with E-state index in [0.29, 0.717) is 34.8 Å². The number of halogens is 2. The minimum absolute atomic E-state index is 0.319. The normalized spacial score (nSPS) is 12.7. The molecule has 1 saturated heterocycles. The van der Waals surface area contributed by atoms with Crippen molar-refractivity contribution in [2.75, 3.05) is 27.2 Å². The molecule has 206 valence electrons. The first kappa shape index (κ1) is 29.9. The second-order valence-corrected chi connectivity index (χ2v) is 10.5. The van der Waals surface area contributed by atoms with Gasteiger partial charge in [0, 0.05) is 11.9 Å². The number of thiophene rings is 1. The van der Waals surface area contributed by atoms with Crippen LogP contribution in [0.2, 0.25) is 4.34 Å². The van der Waals surface area contributed by atoms with Crippen LogP contribution < -0.4 is 5.32 Å². The van der Waals surface area contributed by atoms with Gasteiger partial charge in [-0.05, 0) is 70.2 Å². The van der Waals surface area contributed by atoms with E-state index < -0.39 is 0 Å². The zero-order valence-electron chi connectivity index (χ0n) is 22.1. The number of pyridine rings is 1. The van der Waals surface area contributed by atoms with Crippen LogP contribution in [0.3, 0.4) is 0 Å². The Morgan fingerprint density at radius 3 is 2.36 bits per heavy atom. The molecule has 4 aromatic heterocycles. The molecule has 0 aliphatic carbocycles. The molecule has 0 saturated carbocycles. The van der Waals surface area contributed by atoms with Crippen LogP contribution in [0.1, 0.15) is 24.1 Å². The van der Waals surface area contributed by atoms with Gasteiger partial charge in [-0.2, -0.15) is 5.10 Å². The first-order chi connectivity index (χ1) is 18.9. The number of aromatic nitrogens is 6. The third-order valence-corrected chi connectivity index (χ3v) is 6.71. The third-order valence-electron chi connectivity index (χ3n) is 5.56. The van der Waals surface area contributed by atoms with Crippen molar-refractivity contribution < 1.29 is 9.18 Å². The van der Waals surface area contributed by atoms with Crippen LogP contribution >= 0.6 is 22.9 Å². The topological polar surface area (TPSA) is 115 Å². The van der Waals surface area contributed by atoms with E-state index in [1.165, 1.54) is 49.6 Å². The van der Waals surface area contributed by atoms with Crippen molar-refractivity contribution in [3.8, 4) is 22.9 Å². The van der Waals surface area contributed by atoms with E-state index in [1.807, 2.05) is 19.1 Å². The molecule has 1 fully saturated rings. The highest BCUT2D eigenvalue weighted by Gasteiger charge is 2.11. The van der Waals surface area contributed by atoms with Gasteiger partial charge in [0.05, 0.1) is 27.1 Å². The van der Waals surface area contributed by atoms with Crippen molar-refractivity contribution in [3.05, 3.63) is 70.0 Å². The maximum Gasteiger partial charge on any atom is 0.206 e. The number of hydrogen-bond donors (Lipinski definition) is 3. The number of H-pyrrole nitrogens is 2. The summed E-state index contributed by atoms with van der Waals surface area (Å²) in [7, 11) is 3.76. The molecule has 1 aliphatic heterocycles. The number of fused-ring (bicyclic) bond motifs is 1. The summed E-state index contributed by atoms with van der Waals surface area (Å²) >= 11 is 7.19. The van der Waals surface area contributed by atoms with Crippen LogP contribution in [0.5, 0.6) is 0 Å². The van der Waals surface area contributed by atoms with E-state index >= 15 is 0 Å². The van der Waals surface area contributed by atoms with Crippen LogP contribution in [-0.4, -0.2) is 68.6 Å². The molecule has 0 unspecified atom stereocenters. The van der Waals surface area contributed by atoms with E-state index in [9.17, 15) is 4.39 Å². The molecule has 0 spiro atoms. The maximum absolute atomic E-state index is 13.8. The monoisotopic (exact) mass is 570 g/mol. The molecule has 3 N–H and O–H groups in total. The van der Waals surface area contributed by atoms with Crippen molar-refractivity contribution in [3.63, 3.8) is 0 Å². The number of nitrogens with zero attached hydrogens (tertiary/aromatic N) is 5. The molecule has 6 rings (SSSR count). The summed E-state index contributed by atoms with van der Waals surface area (Å²) in [4.78, 5) is 28.5. The molecule has 5 aromatic rings. The number of aryl methyl sites for hydroxylation is 1. The number of piperidine rings is 1. The fourth-order valence-electron chi connectivity index (χ4n) is 3.61. The smallest absolute Gasteiger partial charge is 0.206 e. The number of likely N-dealkylation sites (tertiary alicyclic amines) is 1. The lowest BCUT2D eigenvalue weighted by Gasteiger charge is -2.20. The van der Waals surface area contributed by atoms with Crippen molar-refractivity contribution in [1.29, 1.82) is 0 Å². The van der Waals surface area contributed by atoms with Gasteiger partial charge in [-0.25, -0.2) is 14.4 Å². The summed E-state index contributed by atoms with van der Waals surface area (Å²) in [5.41, 5.74) is 2.48. The average Bonchev–Trinajstić information content (AvgIpc) is 3.71. The second-order valence-electron chi connectivity index (χ2n) is 8.61. The zero-order chi connectivity index (χ0) is 28.0. The molecular formula is C27H32ClFN8OS. The standard InChI is InChI=1S/C14H9FN6.C6H13N.C5H5ClS.C2H5NO/c15-9-4-2-1-3-8(9)13-19-10-5-11(14-17-7-18-21-14)16-6-12(10)20-13;1-7-5-3-2-4-6-7;1-4-2-3-5(6)7-4;1-3-2-4/h1-7H,(H,19,20)(H,17,18,21);2-6H2,1H3;2-3H,1H3;2H,1H3,(H,3,4). The SMILES string of the molecule is CN1CCCCC1.CNC=O.Cc1ccc(Cl)s1.Fc1ccccc1-c1nc2cc(-c3ncn[nH]3)ncc2[nH]1. The summed E-state index contributed by atoms with van der Waals surface area (Å²) < 4.78 is 14.7. The number of nitrogens with one attached hydrogen (secondary N) is 3. The highest BCUT2D eigenvalue weighted by atomic mass is 35.5. The average molecular weight is 571 g/mol. The van der Waals surface area contributed by atoms with Gasteiger partial charge in [0.25, 0.3) is 0 Å². The Morgan fingerprint density at radius 2 is 1.85 bits per heavy atom. The van der Waals surface area contributed by atoms with Gasteiger partial charge in [0.1, 0.15) is 23.7 Å². The fraction of sp³-hybridized carbons (Fsp3) is 0.296. The number of benzene rings is 1. The molecule has 0 bridgehead atoms. The van der Waals surface area contributed by atoms with E-state index in [2.05, 4.69) is 47.4 Å². The quantitative estimate of drug-likeness (QED) is 0.239. The lowest BCUT2D eigenvalue weighted by Crippen LogP contribution is -2.24. The fourth-order valence-corrected chi connectivity index (χ4v) is 4.61. The molecule has 1 aliphatic rings. The molecule has 1 aromatic carbocycles. The largest absolute Gasteiger partial charge is 0.362 e. The lowest BCUT2D eigenvalue weighted by molar-refractivity contribution is -0.109. The van der Waals surface area contributed by atoms with Crippen LogP contribution in [0.25, 0.3) is 33.9 Å². The number of carbonyl (C=O) groups is 1. The van der Waals surface area contributed by atoms with Crippen molar-refractivity contribution in [2.24, 2.45) is 0 Å². The molecular weight excluding hydrogens is 539 g/mol. The predicted octanol–water partition coefficient (Wildman–Crippen LogP) is 5.72. The first-order valence-electron chi connectivity index (χ1n) is 12.4. The Morgan fingerprint density at radius 1 is 1.10 bits per heavy atom. The number of imidazole rings is 1. The van der Waals surface area contributed by atoms with Crippen molar-refractivity contribution in [1.82, 2.24) is 40.3 Å². The van der Waals surface area contributed by atoms with Gasteiger partial charge in [-0.3, -0.25) is 14.9 Å². The van der Waals surface area contributed by atoms with Gasteiger partial charge in [0.15, 0.2) is 5.82 Å². The highest BCUT2D eigenvalue weighted by molar-refractivity contribution is 7.16. The molecule has 12 heteroatoms. The van der Waals surface area contributed by atoms with E-state index in [1.54, 1.807) is 48.8 Å². The third kappa shape index (κ3) is 9.54. The van der Waals surface area contributed by atoms with Crippen molar-refractivity contribution in [2.45, 2.75) is 26.2 Å². The predicted molar refractivity (Wildman–Crippen MR) is 155 cm³/mol. The number of rotatable bonds is 3. The Labute approximate surface area is 235 Å². The lowest BCUT2D eigenvalue weighted by atomic mass is 10.1. The minimum Gasteiger partial charge on any atom is -0.362 e. The van der Waals surface area contributed by atoms with Crippen LogP contribution in [-0.2, 0) is 4.79 Å². The zero-order valence-corrected chi connectivity index (χ0v) is 23.7. The Hall–Kier alpha value is -3.67. The van der Waals surface area contributed by atoms with Crippen LogP contribution in [0.15, 0.2) is 55.0 Å².